The fraction of sp³-hybridized carbons (Fsp3) is 0.375. The van der Waals surface area contributed by atoms with E-state index in [0.29, 0.717) is 41.2 Å². The topological polar surface area (TPSA) is 75.5 Å². The molecular weight excluding hydrogens is 284 g/mol. The summed E-state index contributed by atoms with van der Waals surface area (Å²) in [7, 11) is 3.02. The van der Waals surface area contributed by atoms with Crippen molar-refractivity contribution in [3.05, 3.63) is 46.7 Å². The van der Waals surface area contributed by atoms with Gasteiger partial charge < -0.3 is 19.0 Å². The SMILES string of the molecule is CCc1[nH]c(C(=O)N(C)Cc2ccco2)c(C)c1C(=O)OC. The van der Waals surface area contributed by atoms with Gasteiger partial charge in [0.2, 0.25) is 0 Å². The van der Waals surface area contributed by atoms with E-state index in [1.165, 1.54) is 12.0 Å². The van der Waals surface area contributed by atoms with Gasteiger partial charge in [-0.25, -0.2) is 4.79 Å². The van der Waals surface area contributed by atoms with Crippen LogP contribution in [-0.4, -0.2) is 35.9 Å². The Balaban J connectivity index is 2.29. The smallest absolute Gasteiger partial charge is 0.339 e. The molecule has 0 spiro atoms. The summed E-state index contributed by atoms with van der Waals surface area (Å²) in [5.74, 6) is 0.0704. The summed E-state index contributed by atoms with van der Waals surface area (Å²) in [5, 5.41) is 0. The highest BCUT2D eigenvalue weighted by Crippen LogP contribution is 2.21. The Bertz CT molecular complexity index is 671. The number of aryl methyl sites for hydroxylation is 1. The number of rotatable bonds is 5. The molecule has 0 aliphatic heterocycles. The molecular formula is C16H20N2O4. The van der Waals surface area contributed by atoms with Crippen LogP contribution in [0.2, 0.25) is 0 Å². The number of hydrogen-bond donors (Lipinski definition) is 1. The molecule has 0 aliphatic rings. The van der Waals surface area contributed by atoms with Crippen molar-refractivity contribution in [2.24, 2.45) is 0 Å². The molecule has 2 rings (SSSR count). The Hall–Kier alpha value is -2.50. The predicted molar refractivity (Wildman–Crippen MR) is 80.8 cm³/mol. The van der Waals surface area contributed by atoms with Crippen LogP contribution in [0.25, 0.3) is 0 Å². The lowest BCUT2D eigenvalue weighted by atomic mass is 10.1. The zero-order valence-corrected chi connectivity index (χ0v) is 13.2. The molecule has 2 heterocycles. The zero-order chi connectivity index (χ0) is 16.3. The number of hydrogen-bond acceptors (Lipinski definition) is 4. The second kappa shape index (κ2) is 6.51. The molecule has 0 fully saturated rings. The Morgan fingerprint density at radius 2 is 2.14 bits per heavy atom. The third kappa shape index (κ3) is 2.90. The van der Waals surface area contributed by atoms with E-state index < -0.39 is 5.97 Å². The van der Waals surface area contributed by atoms with Crippen LogP contribution in [0.5, 0.6) is 0 Å². The summed E-state index contributed by atoms with van der Waals surface area (Å²) in [6, 6.07) is 3.58. The predicted octanol–water partition coefficient (Wildman–Crippen LogP) is 2.54. The Kier molecular flexibility index (Phi) is 4.70. The third-order valence-electron chi connectivity index (χ3n) is 3.60. The number of esters is 1. The van der Waals surface area contributed by atoms with Crippen molar-refractivity contribution in [3.63, 3.8) is 0 Å². The summed E-state index contributed by atoms with van der Waals surface area (Å²) in [6.07, 6.45) is 2.18. The maximum absolute atomic E-state index is 12.6. The molecule has 0 radical (unpaired) electrons. The third-order valence-corrected chi connectivity index (χ3v) is 3.60. The minimum absolute atomic E-state index is 0.196. The van der Waals surface area contributed by atoms with E-state index in [2.05, 4.69) is 4.98 Å². The maximum Gasteiger partial charge on any atom is 0.339 e. The number of carbonyl (C=O) groups is 2. The number of aromatic amines is 1. The number of methoxy groups -OCH3 is 1. The molecule has 1 N–H and O–H groups in total. The second-order valence-corrected chi connectivity index (χ2v) is 5.06. The Labute approximate surface area is 129 Å². The van der Waals surface area contributed by atoms with Gasteiger partial charge in [0.1, 0.15) is 11.5 Å². The van der Waals surface area contributed by atoms with Crippen molar-refractivity contribution in [2.75, 3.05) is 14.2 Å². The van der Waals surface area contributed by atoms with Gasteiger partial charge in [-0.2, -0.15) is 0 Å². The summed E-state index contributed by atoms with van der Waals surface area (Å²) in [4.78, 5) is 29.1. The average molecular weight is 304 g/mol. The van der Waals surface area contributed by atoms with E-state index in [9.17, 15) is 9.59 Å². The summed E-state index contributed by atoms with van der Waals surface area (Å²) in [5.41, 5.74) is 2.17. The van der Waals surface area contributed by atoms with Crippen LogP contribution in [0.4, 0.5) is 0 Å². The molecule has 22 heavy (non-hydrogen) atoms. The van der Waals surface area contributed by atoms with Gasteiger partial charge in [0.15, 0.2) is 0 Å². The molecule has 0 aliphatic carbocycles. The first kappa shape index (κ1) is 15.9. The van der Waals surface area contributed by atoms with E-state index in [1.54, 1.807) is 26.3 Å². The van der Waals surface area contributed by atoms with Crippen molar-refractivity contribution in [1.29, 1.82) is 0 Å². The average Bonchev–Trinajstić information content (AvgIpc) is 3.13. The van der Waals surface area contributed by atoms with Gasteiger partial charge in [-0.3, -0.25) is 4.79 Å². The normalized spacial score (nSPS) is 10.5. The molecule has 0 bridgehead atoms. The van der Waals surface area contributed by atoms with Crippen LogP contribution >= 0.6 is 0 Å². The minimum atomic E-state index is -0.432. The number of amides is 1. The molecule has 0 saturated carbocycles. The number of aromatic nitrogens is 1. The molecule has 6 heteroatoms. The lowest BCUT2D eigenvalue weighted by Crippen LogP contribution is -2.27. The fourth-order valence-corrected chi connectivity index (χ4v) is 2.41. The molecule has 0 unspecified atom stereocenters. The fourth-order valence-electron chi connectivity index (χ4n) is 2.41. The van der Waals surface area contributed by atoms with Crippen molar-refractivity contribution in [1.82, 2.24) is 9.88 Å². The second-order valence-electron chi connectivity index (χ2n) is 5.06. The summed E-state index contributed by atoms with van der Waals surface area (Å²) >= 11 is 0. The highest BCUT2D eigenvalue weighted by molar-refractivity contribution is 6.00. The van der Waals surface area contributed by atoms with Crippen LogP contribution < -0.4 is 0 Å². The Morgan fingerprint density at radius 1 is 1.41 bits per heavy atom. The number of nitrogens with one attached hydrogen (secondary N) is 1. The monoisotopic (exact) mass is 304 g/mol. The molecule has 0 saturated heterocycles. The molecule has 118 valence electrons. The number of nitrogens with zero attached hydrogens (tertiary/aromatic N) is 1. The van der Waals surface area contributed by atoms with E-state index in [0.717, 1.165) is 0 Å². The van der Waals surface area contributed by atoms with Gasteiger partial charge in [-0.15, -0.1) is 0 Å². The van der Waals surface area contributed by atoms with Crippen molar-refractivity contribution >= 4 is 11.9 Å². The molecule has 1 amide bonds. The van der Waals surface area contributed by atoms with Crippen LogP contribution in [0.1, 0.15) is 44.8 Å². The Morgan fingerprint density at radius 3 is 2.68 bits per heavy atom. The largest absolute Gasteiger partial charge is 0.467 e. The number of furan rings is 1. The van der Waals surface area contributed by atoms with Crippen molar-refractivity contribution < 1.29 is 18.7 Å². The van der Waals surface area contributed by atoms with E-state index in [-0.39, 0.29) is 5.91 Å². The lowest BCUT2D eigenvalue weighted by molar-refractivity contribution is 0.0599. The highest BCUT2D eigenvalue weighted by atomic mass is 16.5. The van der Waals surface area contributed by atoms with Crippen molar-refractivity contribution in [2.45, 2.75) is 26.8 Å². The standard InChI is InChI=1S/C16H20N2O4/c1-5-12-13(16(20)21-4)10(2)14(17-12)15(19)18(3)9-11-7-6-8-22-11/h6-8,17H,5,9H2,1-4H3. The molecule has 6 nitrogen and oxygen atoms in total. The van der Waals surface area contributed by atoms with Gasteiger partial charge in [0.25, 0.3) is 5.91 Å². The van der Waals surface area contributed by atoms with Gasteiger partial charge >= 0.3 is 5.97 Å². The minimum Gasteiger partial charge on any atom is -0.467 e. The molecule has 2 aromatic rings. The van der Waals surface area contributed by atoms with Crippen LogP contribution in [0.3, 0.4) is 0 Å². The van der Waals surface area contributed by atoms with Gasteiger partial charge in [-0.1, -0.05) is 6.92 Å². The van der Waals surface area contributed by atoms with Crippen LogP contribution in [0, 0.1) is 6.92 Å². The van der Waals surface area contributed by atoms with E-state index in [4.69, 9.17) is 9.15 Å². The van der Waals surface area contributed by atoms with Gasteiger partial charge in [0, 0.05) is 12.7 Å². The van der Waals surface area contributed by atoms with Crippen LogP contribution in [-0.2, 0) is 17.7 Å². The first-order valence-electron chi connectivity index (χ1n) is 7.07. The van der Waals surface area contributed by atoms with Crippen LogP contribution in [0.15, 0.2) is 22.8 Å². The summed E-state index contributed by atoms with van der Waals surface area (Å²) < 4.78 is 10.0. The zero-order valence-electron chi connectivity index (χ0n) is 13.2. The maximum atomic E-state index is 12.6. The first-order chi connectivity index (χ1) is 10.5. The van der Waals surface area contributed by atoms with Gasteiger partial charge in [-0.05, 0) is 31.0 Å². The number of H-pyrrole nitrogens is 1. The summed E-state index contributed by atoms with van der Waals surface area (Å²) in [6.45, 7) is 4.02. The molecule has 0 atom stereocenters. The number of carbonyl (C=O) groups excluding carboxylic acids is 2. The van der Waals surface area contributed by atoms with Gasteiger partial charge in [0.05, 0.1) is 25.5 Å². The highest BCUT2D eigenvalue weighted by Gasteiger charge is 2.25. The van der Waals surface area contributed by atoms with E-state index in [1.807, 2.05) is 13.0 Å². The number of ether oxygens (including phenoxy) is 1. The quantitative estimate of drug-likeness (QED) is 0.861. The lowest BCUT2D eigenvalue weighted by Gasteiger charge is -2.15. The molecule has 0 aromatic carbocycles. The first-order valence-corrected chi connectivity index (χ1v) is 7.07. The van der Waals surface area contributed by atoms with Crippen molar-refractivity contribution in [3.8, 4) is 0 Å². The van der Waals surface area contributed by atoms with E-state index >= 15 is 0 Å². The molecule has 2 aromatic heterocycles.